The van der Waals surface area contributed by atoms with E-state index in [9.17, 15) is 9.59 Å². The summed E-state index contributed by atoms with van der Waals surface area (Å²) in [7, 11) is 1.44. The second-order valence-electron chi connectivity index (χ2n) is 4.46. The van der Waals surface area contributed by atoms with Crippen LogP contribution in [0.15, 0.2) is 51.4 Å². The molecule has 0 aliphatic carbocycles. The van der Waals surface area contributed by atoms with Crippen molar-refractivity contribution in [3.8, 4) is 11.5 Å². The molecule has 0 spiro atoms. The molecule has 0 atom stereocenters. The Morgan fingerprint density at radius 2 is 1.78 bits per heavy atom. The van der Waals surface area contributed by atoms with Crippen molar-refractivity contribution in [2.75, 3.05) is 7.11 Å². The van der Waals surface area contributed by atoms with Gasteiger partial charge < -0.3 is 9.47 Å². The third kappa shape index (κ3) is 4.77. The maximum Gasteiger partial charge on any atom is 0.336 e. The molecule has 2 aromatic rings. The van der Waals surface area contributed by atoms with Crippen LogP contribution in [0, 0.1) is 0 Å². The van der Waals surface area contributed by atoms with E-state index in [0.29, 0.717) is 22.1 Å². The summed E-state index contributed by atoms with van der Waals surface area (Å²) >= 11 is 6.61. The van der Waals surface area contributed by atoms with Gasteiger partial charge in [0.25, 0.3) is 0 Å². The molecular weight excluding hydrogens is 428 g/mol. The van der Waals surface area contributed by atoms with Gasteiger partial charge in [-0.3, -0.25) is 4.79 Å². The third-order valence-corrected chi connectivity index (χ3v) is 3.99. The number of hydrogen-bond donors (Lipinski definition) is 0. The van der Waals surface area contributed by atoms with E-state index in [0.717, 1.165) is 10.0 Å². The molecule has 6 heteroatoms. The molecule has 0 bridgehead atoms. The number of ether oxygens (including phenoxy) is 2. The van der Waals surface area contributed by atoms with Gasteiger partial charge in [-0.05, 0) is 51.8 Å². The minimum absolute atomic E-state index is 0.226. The maximum atomic E-state index is 12.0. The third-order valence-electron chi connectivity index (χ3n) is 2.87. The van der Waals surface area contributed by atoms with Crippen LogP contribution in [0.4, 0.5) is 0 Å². The van der Waals surface area contributed by atoms with Crippen LogP contribution >= 0.6 is 31.9 Å². The summed E-state index contributed by atoms with van der Waals surface area (Å²) in [6, 6.07) is 10.5. The molecule has 0 amide bonds. The van der Waals surface area contributed by atoms with Crippen LogP contribution in [0.2, 0.25) is 0 Å². The number of carbonyl (C=O) groups excluding carboxylic acids is 2. The molecule has 23 heavy (non-hydrogen) atoms. The van der Waals surface area contributed by atoms with E-state index in [2.05, 4.69) is 31.9 Å². The monoisotopic (exact) mass is 438 g/mol. The van der Waals surface area contributed by atoms with Crippen LogP contribution in [-0.2, 0) is 4.79 Å². The Kier molecular flexibility index (Phi) is 6.12. The summed E-state index contributed by atoms with van der Waals surface area (Å²) in [5.74, 6) is -0.0267. The van der Waals surface area contributed by atoms with Crippen LogP contribution in [0.1, 0.15) is 15.9 Å². The Balaban J connectivity index is 2.16. The summed E-state index contributed by atoms with van der Waals surface area (Å²) < 4.78 is 11.9. The van der Waals surface area contributed by atoms with Gasteiger partial charge in [-0.15, -0.1) is 0 Å². The Bertz CT molecular complexity index is 752. The smallest absolute Gasteiger partial charge is 0.336 e. The Labute approximate surface area is 150 Å². The van der Waals surface area contributed by atoms with Gasteiger partial charge in [0.15, 0.2) is 11.5 Å². The molecule has 0 saturated heterocycles. The first-order chi connectivity index (χ1) is 11.0. The Morgan fingerprint density at radius 3 is 2.39 bits per heavy atom. The number of esters is 1. The van der Waals surface area contributed by atoms with Crippen molar-refractivity contribution in [3.05, 3.63) is 62.5 Å². The maximum absolute atomic E-state index is 12.0. The molecule has 118 valence electrons. The number of benzene rings is 2. The average Bonchev–Trinajstić information content (AvgIpc) is 2.55. The van der Waals surface area contributed by atoms with Crippen molar-refractivity contribution in [1.29, 1.82) is 0 Å². The number of hydrogen-bond acceptors (Lipinski definition) is 4. The van der Waals surface area contributed by atoms with Crippen LogP contribution in [0.5, 0.6) is 11.5 Å². The first-order valence-corrected chi connectivity index (χ1v) is 8.10. The van der Waals surface area contributed by atoms with E-state index < -0.39 is 5.97 Å². The van der Waals surface area contributed by atoms with Crippen LogP contribution < -0.4 is 9.47 Å². The van der Waals surface area contributed by atoms with Crippen molar-refractivity contribution >= 4 is 50.2 Å². The second-order valence-corrected chi connectivity index (χ2v) is 6.23. The molecule has 0 aliphatic heterocycles. The molecule has 0 aromatic heterocycles. The zero-order valence-electron chi connectivity index (χ0n) is 12.1. The van der Waals surface area contributed by atoms with Crippen molar-refractivity contribution in [2.24, 2.45) is 0 Å². The quantitative estimate of drug-likeness (QED) is 0.294. The molecule has 4 nitrogen and oxygen atoms in total. The molecule has 0 N–H and O–H groups in total. The van der Waals surface area contributed by atoms with Gasteiger partial charge in [0.1, 0.15) is 6.29 Å². The standard InChI is InChI=1S/C17H12Br2O4/c1-22-15-9-12(10-20)8-14(19)17(15)23-16(21)7-4-11-2-5-13(18)6-3-11/h2-10H,1H3/b7-4+. The molecule has 0 aliphatic rings. The predicted molar refractivity (Wildman–Crippen MR) is 94.9 cm³/mol. The lowest BCUT2D eigenvalue weighted by molar-refractivity contribution is -0.129. The molecule has 2 aromatic carbocycles. The van der Waals surface area contributed by atoms with Gasteiger partial charge in [-0.25, -0.2) is 4.79 Å². The first kappa shape index (κ1) is 17.4. The molecule has 2 rings (SSSR count). The lowest BCUT2D eigenvalue weighted by Crippen LogP contribution is -2.06. The topological polar surface area (TPSA) is 52.6 Å². The SMILES string of the molecule is COc1cc(C=O)cc(Br)c1OC(=O)/C=C/c1ccc(Br)cc1. The Hall–Kier alpha value is -1.92. The van der Waals surface area contributed by atoms with Crippen molar-refractivity contribution in [3.63, 3.8) is 0 Å². The lowest BCUT2D eigenvalue weighted by Gasteiger charge is -2.10. The van der Waals surface area contributed by atoms with Gasteiger partial charge in [-0.1, -0.05) is 28.1 Å². The zero-order valence-corrected chi connectivity index (χ0v) is 15.3. The zero-order chi connectivity index (χ0) is 16.8. The molecular formula is C17H12Br2O4. The normalized spacial score (nSPS) is 10.6. The fourth-order valence-corrected chi connectivity index (χ4v) is 2.58. The summed E-state index contributed by atoms with van der Waals surface area (Å²) in [5.41, 5.74) is 1.28. The highest BCUT2D eigenvalue weighted by atomic mass is 79.9. The molecule has 0 saturated carbocycles. The van der Waals surface area contributed by atoms with E-state index in [1.165, 1.54) is 19.3 Å². The van der Waals surface area contributed by atoms with Crippen LogP contribution in [-0.4, -0.2) is 19.4 Å². The fraction of sp³-hybridized carbons (Fsp3) is 0.0588. The molecule has 0 heterocycles. The largest absolute Gasteiger partial charge is 0.493 e. The number of aldehydes is 1. The summed E-state index contributed by atoms with van der Waals surface area (Å²) in [6.45, 7) is 0. The van der Waals surface area contributed by atoms with Gasteiger partial charge >= 0.3 is 5.97 Å². The van der Waals surface area contributed by atoms with E-state index in [1.54, 1.807) is 12.1 Å². The van der Waals surface area contributed by atoms with Gasteiger partial charge in [0.05, 0.1) is 11.6 Å². The van der Waals surface area contributed by atoms with Gasteiger partial charge in [0, 0.05) is 16.1 Å². The van der Waals surface area contributed by atoms with E-state index in [1.807, 2.05) is 24.3 Å². The highest BCUT2D eigenvalue weighted by Crippen LogP contribution is 2.36. The molecule has 0 fully saturated rings. The van der Waals surface area contributed by atoms with E-state index in [-0.39, 0.29) is 5.75 Å². The van der Waals surface area contributed by atoms with Crippen molar-refractivity contribution < 1.29 is 19.1 Å². The second kappa shape index (κ2) is 8.08. The van der Waals surface area contributed by atoms with Crippen molar-refractivity contribution in [1.82, 2.24) is 0 Å². The predicted octanol–water partition coefficient (Wildman–Crippen LogP) is 4.65. The summed E-state index contributed by atoms with van der Waals surface area (Å²) in [5, 5.41) is 0. The highest BCUT2D eigenvalue weighted by Gasteiger charge is 2.14. The molecule has 0 unspecified atom stereocenters. The molecule has 0 radical (unpaired) electrons. The number of rotatable bonds is 5. The van der Waals surface area contributed by atoms with E-state index in [4.69, 9.17) is 9.47 Å². The minimum Gasteiger partial charge on any atom is -0.493 e. The van der Waals surface area contributed by atoms with Crippen molar-refractivity contribution in [2.45, 2.75) is 0 Å². The van der Waals surface area contributed by atoms with Gasteiger partial charge in [-0.2, -0.15) is 0 Å². The number of halogens is 2. The average molecular weight is 440 g/mol. The Morgan fingerprint density at radius 1 is 1.09 bits per heavy atom. The number of carbonyl (C=O) groups is 2. The highest BCUT2D eigenvalue weighted by molar-refractivity contribution is 9.10. The summed E-state index contributed by atoms with van der Waals surface area (Å²) in [6.07, 6.45) is 3.66. The first-order valence-electron chi connectivity index (χ1n) is 6.51. The number of methoxy groups -OCH3 is 1. The van der Waals surface area contributed by atoms with Gasteiger partial charge in [0.2, 0.25) is 0 Å². The van der Waals surface area contributed by atoms with Crippen LogP contribution in [0.3, 0.4) is 0 Å². The lowest BCUT2D eigenvalue weighted by atomic mass is 10.2. The minimum atomic E-state index is -0.550. The van der Waals surface area contributed by atoms with Crippen LogP contribution in [0.25, 0.3) is 6.08 Å². The van der Waals surface area contributed by atoms with E-state index >= 15 is 0 Å². The fourth-order valence-electron chi connectivity index (χ4n) is 1.78. The summed E-state index contributed by atoms with van der Waals surface area (Å²) in [4.78, 5) is 22.8.